The Hall–Kier alpha value is -4.49. The molecular formula is C29H21N3O3S. The van der Waals surface area contributed by atoms with E-state index in [1.54, 1.807) is 42.6 Å². The van der Waals surface area contributed by atoms with Crippen molar-refractivity contribution < 1.29 is 14.7 Å². The first kappa shape index (κ1) is 23.3. The van der Waals surface area contributed by atoms with Crippen LogP contribution in [0.5, 0.6) is 0 Å². The number of nitrogens with zero attached hydrogens (tertiary/aromatic N) is 2. The van der Waals surface area contributed by atoms with Gasteiger partial charge in [-0.2, -0.15) is 0 Å². The monoisotopic (exact) mass is 491 g/mol. The maximum absolute atomic E-state index is 13.3. The zero-order valence-electron chi connectivity index (χ0n) is 19.0. The number of fused-ring (bicyclic) bond motifs is 1. The van der Waals surface area contributed by atoms with E-state index in [-0.39, 0.29) is 11.5 Å². The van der Waals surface area contributed by atoms with Crippen molar-refractivity contribution >= 4 is 40.2 Å². The van der Waals surface area contributed by atoms with Gasteiger partial charge in [0.25, 0.3) is 0 Å². The average Bonchev–Trinajstić information content (AvgIpc) is 2.92. The van der Waals surface area contributed by atoms with Crippen molar-refractivity contribution in [1.29, 1.82) is 0 Å². The standard InChI is InChI=1S/C29H21N3O3S/c33-28(27(20-8-2-1-3-9-20)36-26-12-6-7-17-30-26)31-21-15-13-19(14-16-21)25-18-23(29(34)35)22-10-4-5-11-24(22)32-25/h1-18,27H,(H,31,33)(H,34,35). The van der Waals surface area contributed by atoms with E-state index in [1.165, 1.54) is 11.8 Å². The Morgan fingerprint density at radius 2 is 1.56 bits per heavy atom. The Morgan fingerprint density at radius 3 is 2.28 bits per heavy atom. The second kappa shape index (κ2) is 10.4. The maximum atomic E-state index is 13.3. The van der Waals surface area contributed by atoms with E-state index in [0.717, 1.165) is 16.2 Å². The molecule has 2 N–H and O–H groups in total. The fraction of sp³-hybridized carbons (Fsp3) is 0.0345. The van der Waals surface area contributed by atoms with Gasteiger partial charge < -0.3 is 10.4 Å². The van der Waals surface area contributed by atoms with Crippen molar-refractivity contribution in [2.45, 2.75) is 10.3 Å². The Morgan fingerprint density at radius 1 is 0.833 bits per heavy atom. The highest BCUT2D eigenvalue weighted by Gasteiger charge is 2.23. The lowest BCUT2D eigenvalue weighted by molar-refractivity contribution is -0.115. The van der Waals surface area contributed by atoms with Crippen LogP contribution >= 0.6 is 11.8 Å². The van der Waals surface area contributed by atoms with Crippen LogP contribution < -0.4 is 5.32 Å². The highest BCUT2D eigenvalue weighted by Crippen LogP contribution is 2.35. The topological polar surface area (TPSA) is 92.2 Å². The van der Waals surface area contributed by atoms with Crippen LogP contribution in [0.4, 0.5) is 5.69 Å². The molecule has 0 fully saturated rings. The van der Waals surface area contributed by atoms with Crippen LogP contribution in [0.15, 0.2) is 114 Å². The third kappa shape index (κ3) is 5.11. The van der Waals surface area contributed by atoms with Crippen LogP contribution in [0.3, 0.4) is 0 Å². The number of aromatic nitrogens is 2. The van der Waals surface area contributed by atoms with Crippen LogP contribution in [0, 0.1) is 0 Å². The van der Waals surface area contributed by atoms with E-state index in [2.05, 4.69) is 15.3 Å². The number of nitrogens with one attached hydrogen (secondary N) is 1. The summed E-state index contributed by atoms with van der Waals surface area (Å²) in [6, 6.07) is 31.2. The Balaban J connectivity index is 1.40. The highest BCUT2D eigenvalue weighted by atomic mass is 32.2. The molecule has 176 valence electrons. The highest BCUT2D eigenvalue weighted by molar-refractivity contribution is 8.00. The summed E-state index contributed by atoms with van der Waals surface area (Å²) in [5, 5.41) is 13.5. The molecule has 5 rings (SSSR count). The number of hydrogen-bond acceptors (Lipinski definition) is 5. The molecule has 7 heteroatoms. The van der Waals surface area contributed by atoms with Gasteiger partial charge in [-0.15, -0.1) is 0 Å². The van der Waals surface area contributed by atoms with Crippen LogP contribution in [-0.4, -0.2) is 27.0 Å². The second-order valence-corrected chi connectivity index (χ2v) is 9.15. The van der Waals surface area contributed by atoms with Gasteiger partial charge >= 0.3 is 5.97 Å². The summed E-state index contributed by atoms with van der Waals surface area (Å²) in [4.78, 5) is 34.1. The summed E-state index contributed by atoms with van der Waals surface area (Å²) in [5.74, 6) is -1.17. The third-order valence-corrected chi connectivity index (χ3v) is 6.82. The molecule has 36 heavy (non-hydrogen) atoms. The molecule has 0 spiro atoms. The minimum atomic E-state index is -1.00. The number of pyridine rings is 2. The number of amides is 1. The van der Waals surface area contributed by atoms with E-state index >= 15 is 0 Å². The zero-order valence-corrected chi connectivity index (χ0v) is 19.9. The van der Waals surface area contributed by atoms with Crippen molar-refractivity contribution in [3.05, 3.63) is 120 Å². The number of carbonyl (C=O) groups is 2. The van der Waals surface area contributed by atoms with Gasteiger partial charge in [-0.05, 0) is 42.0 Å². The first-order chi connectivity index (χ1) is 17.6. The van der Waals surface area contributed by atoms with Crippen LogP contribution in [0.25, 0.3) is 22.2 Å². The van der Waals surface area contributed by atoms with Gasteiger partial charge in [0.2, 0.25) is 5.91 Å². The summed E-state index contributed by atoms with van der Waals surface area (Å²) < 4.78 is 0. The molecule has 1 atom stereocenters. The lowest BCUT2D eigenvalue weighted by Crippen LogP contribution is -2.19. The molecule has 0 saturated carbocycles. The molecule has 3 aromatic carbocycles. The smallest absolute Gasteiger partial charge is 0.336 e. The molecule has 1 amide bonds. The van der Waals surface area contributed by atoms with Crippen molar-refractivity contribution in [1.82, 2.24) is 9.97 Å². The zero-order chi connectivity index (χ0) is 24.9. The number of thioether (sulfide) groups is 1. The van der Waals surface area contributed by atoms with E-state index < -0.39 is 11.2 Å². The first-order valence-electron chi connectivity index (χ1n) is 11.3. The van der Waals surface area contributed by atoms with Gasteiger partial charge in [0.1, 0.15) is 5.25 Å². The fourth-order valence-electron chi connectivity index (χ4n) is 3.87. The number of carboxylic acids is 1. The molecule has 0 aliphatic carbocycles. The molecule has 0 aliphatic rings. The average molecular weight is 492 g/mol. The Labute approximate surface area is 212 Å². The summed E-state index contributed by atoms with van der Waals surface area (Å²) in [6.07, 6.45) is 1.71. The quantitative estimate of drug-likeness (QED) is 0.254. The van der Waals surface area contributed by atoms with Crippen LogP contribution in [0.2, 0.25) is 0 Å². The van der Waals surface area contributed by atoms with E-state index in [0.29, 0.717) is 22.3 Å². The largest absolute Gasteiger partial charge is 0.478 e. The third-order valence-electron chi connectivity index (χ3n) is 5.61. The molecule has 6 nitrogen and oxygen atoms in total. The van der Waals surface area contributed by atoms with Crippen molar-refractivity contribution in [2.75, 3.05) is 5.32 Å². The minimum absolute atomic E-state index is 0.165. The molecular weight excluding hydrogens is 470 g/mol. The summed E-state index contributed by atoms with van der Waals surface area (Å²) in [7, 11) is 0. The lowest BCUT2D eigenvalue weighted by atomic mass is 10.0. The number of carbonyl (C=O) groups excluding carboxylic acids is 1. The maximum Gasteiger partial charge on any atom is 0.336 e. The Kier molecular flexibility index (Phi) is 6.73. The fourth-order valence-corrected chi connectivity index (χ4v) is 4.85. The van der Waals surface area contributed by atoms with Gasteiger partial charge in [-0.25, -0.2) is 14.8 Å². The first-order valence-corrected chi connectivity index (χ1v) is 12.1. The van der Waals surface area contributed by atoms with E-state index in [9.17, 15) is 14.7 Å². The number of rotatable bonds is 7. The molecule has 0 radical (unpaired) electrons. The molecule has 0 saturated heterocycles. The van der Waals surface area contributed by atoms with Crippen molar-refractivity contribution in [2.24, 2.45) is 0 Å². The van der Waals surface area contributed by atoms with Crippen molar-refractivity contribution in [3.8, 4) is 11.3 Å². The Bertz CT molecular complexity index is 1520. The summed E-state index contributed by atoms with van der Waals surface area (Å²) >= 11 is 1.39. The normalized spacial score (nSPS) is 11.7. The molecule has 2 aromatic heterocycles. The van der Waals surface area contributed by atoms with Gasteiger partial charge in [0.05, 0.1) is 21.8 Å². The minimum Gasteiger partial charge on any atom is -0.478 e. The number of hydrogen-bond donors (Lipinski definition) is 2. The number of aromatic carboxylic acids is 1. The number of anilines is 1. The van der Waals surface area contributed by atoms with Gasteiger partial charge in [0, 0.05) is 22.8 Å². The van der Waals surface area contributed by atoms with E-state index in [1.807, 2.05) is 66.7 Å². The molecule has 0 bridgehead atoms. The number of benzene rings is 3. The molecule has 2 heterocycles. The summed E-state index contributed by atoms with van der Waals surface area (Å²) in [6.45, 7) is 0. The molecule has 1 unspecified atom stereocenters. The predicted molar refractivity (Wildman–Crippen MR) is 142 cm³/mol. The SMILES string of the molecule is O=C(O)c1cc(-c2ccc(NC(=O)C(Sc3ccccn3)c3ccccc3)cc2)nc2ccccc12. The number of carboxylic acid groups (broad SMARTS) is 1. The van der Waals surface area contributed by atoms with E-state index in [4.69, 9.17) is 0 Å². The molecule has 5 aromatic rings. The van der Waals surface area contributed by atoms with Crippen LogP contribution in [-0.2, 0) is 4.79 Å². The van der Waals surface area contributed by atoms with Gasteiger partial charge in [-0.3, -0.25) is 4.79 Å². The predicted octanol–water partition coefficient (Wildman–Crippen LogP) is 6.47. The van der Waals surface area contributed by atoms with Crippen LogP contribution in [0.1, 0.15) is 21.2 Å². The number of para-hydroxylation sites is 1. The summed E-state index contributed by atoms with van der Waals surface area (Å²) in [5.41, 5.74) is 3.63. The van der Waals surface area contributed by atoms with Crippen molar-refractivity contribution in [3.63, 3.8) is 0 Å². The molecule has 0 aliphatic heterocycles. The van der Waals surface area contributed by atoms with Gasteiger partial charge in [-0.1, -0.05) is 78.5 Å². The van der Waals surface area contributed by atoms with Gasteiger partial charge in [0.15, 0.2) is 0 Å². The second-order valence-electron chi connectivity index (χ2n) is 8.02. The lowest BCUT2D eigenvalue weighted by Gasteiger charge is -2.17.